The highest BCUT2D eigenvalue weighted by Gasteiger charge is 2.22. The number of amides is 2. The van der Waals surface area contributed by atoms with E-state index >= 15 is 0 Å². The van der Waals surface area contributed by atoms with E-state index in [1.807, 2.05) is 61.5 Å². The van der Waals surface area contributed by atoms with E-state index in [-0.39, 0.29) is 18.0 Å². The second-order valence-electron chi connectivity index (χ2n) is 7.27. The highest BCUT2D eigenvalue weighted by Crippen LogP contribution is 2.30. The molecule has 3 aromatic rings. The number of fused-ring (bicyclic) bond motifs is 1. The molecule has 0 aliphatic heterocycles. The van der Waals surface area contributed by atoms with Crippen molar-refractivity contribution in [2.24, 2.45) is 5.92 Å². The van der Waals surface area contributed by atoms with Crippen molar-refractivity contribution in [1.82, 2.24) is 10.3 Å². The van der Waals surface area contributed by atoms with Gasteiger partial charge in [-0.2, -0.15) is 0 Å². The Morgan fingerprint density at radius 3 is 2.63 bits per heavy atom. The predicted octanol–water partition coefficient (Wildman–Crippen LogP) is 4.63. The molecule has 1 aliphatic rings. The maximum absolute atomic E-state index is 12.7. The van der Waals surface area contributed by atoms with Gasteiger partial charge in [0.2, 0.25) is 0 Å². The fraction of sp³-hybridized carbons (Fsp3) is 0.167. The van der Waals surface area contributed by atoms with Crippen LogP contribution < -0.4 is 10.6 Å². The number of esters is 1. The fourth-order valence-electron chi connectivity index (χ4n) is 3.56. The lowest BCUT2D eigenvalue weighted by Gasteiger charge is -2.24. The fourth-order valence-corrected chi connectivity index (χ4v) is 3.56. The molecule has 0 radical (unpaired) electrons. The smallest absolute Gasteiger partial charge is 0.337 e. The van der Waals surface area contributed by atoms with Crippen molar-refractivity contribution in [3.05, 3.63) is 78.4 Å². The summed E-state index contributed by atoms with van der Waals surface area (Å²) in [5, 5.41) is 6.98. The Hall–Kier alpha value is -3.80. The molecule has 30 heavy (non-hydrogen) atoms. The second-order valence-corrected chi connectivity index (χ2v) is 7.27. The van der Waals surface area contributed by atoms with Crippen LogP contribution in [0.1, 0.15) is 6.92 Å². The van der Waals surface area contributed by atoms with Crippen LogP contribution in [0.3, 0.4) is 0 Å². The molecule has 0 saturated heterocycles. The second kappa shape index (κ2) is 8.29. The molecule has 1 aliphatic carbocycles. The Bertz CT molecular complexity index is 1130. The minimum atomic E-state index is -0.422. The lowest BCUT2D eigenvalue weighted by molar-refractivity contribution is -0.135. The molecular formula is C24H23N3O3. The van der Waals surface area contributed by atoms with Gasteiger partial charge in [0.15, 0.2) is 0 Å². The molecule has 1 aromatic heterocycles. The number of methoxy groups -OCH3 is 1. The molecule has 2 unspecified atom stereocenters. The van der Waals surface area contributed by atoms with Crippen molar-refractivity contribution < 1.29 is 14.3 Å². The van der Waals surface area contributed by atoms with Gasteiger partial charge >= 0.3 is 12.0 Å². The van der Waals surface area contributed by atoms with Crippen molar-refractivity contribution in [3.8, 4) is 11.3 Å². The highest BCUT2D eigenvalue weighted by atomic mass is 16.5. The number of urea groups is 1. The lowest BCUT2D eigenvalue weighted by atomic mass is 9.93. The summed E-state index contributed by atoms with van der Waals surface area (Å²) in [6.07, 6.45) is 5.33. The third-order valence-corrected chi connectivity index (χ3v) is 5.22. The van der Waals surface area contributed by atoms with Crippen LogP contribution in [0.4, 0.5) is 10.5 Å². The average molecular weight is 401 g/mol. The molecule has 0 saturated carbocycles. The number of carbonyl (C=O) groups excluding carboxylic acids is 2. The number of anilines is 1. The van der Waals surface area contributed by atoms with Gasteiger partial charge in [0.05, 0.1) is 24.4 Å². The molecule has 6 nitrogen and oxygen atoms in total. The summed E-state index contributed by atoms with van der Waals surface area (Å²) in [5.74, 6) is -0.373. The lowest BCUT2D eigenvalue weighted by Crippen LogP contribution is -2.41. The van der Waals surface area contributed by atoms with Crippen LogP contribution in [-0.4, -0.2) is 30.1 Å². The Labute approximate surface area is 174 Å². The molecule has 2 aromatic carbocycles. The number of carbonyl (C=O) groups is 2. The summed E-state index contributed by atoms with van der Waals surface area (Å²) in [6.45, 7) is 1.98. The monoisotopic (exact) mass is 401 g/mol. The van der Waals surface area contributed by atoms with Crippen molar-refractivity contribution >= 4 is 28.6 Å². The van der Waals surface area contributed by atoms with E-state index in [0.717, 1.165) is 22.2 Å². The molecule has 4 rings (SSSR count). The van der Waals surface area contributed by atoms with Crippen LogP contribution in [0.25, 0.3) is 22.2 Å². The van der Waals surface area contributed by atoms with Crippen molar-refractivity contribution in [3.63, 3.8) is 0 Å². The summed E-state index contributed by atoms with van der Waals surface area (Å²) >= 11 is 0. The van der Waals surface area contributed by atoms with E-state index in [0.29, 0.717) is 11.3 Å². The first-order chi connectivity index (χ1) is 14.5. The number of nitrogens with one attached hydrogen (secondary N) is 3. The number of aromatic nitrogens is 1. The number of aromatic amines is 1. The normalized spacial score (nSPS) is 18.0. The van der Waals surface area contributed by atoms with Crippen molar-refractivity contribution in [2.45, 2.75) is 13.0 Å². The maximum Gasteiger partial charge on any atom is 0.337 e. The first-order valence-electron chi connectivity index (χ1n) is 9.78. The predicted molar refractivity (Wildman–Crippen MR) is 118 cm³/mol. The van der Waals surface area contributed by atoms with E-state index in [1.165, 1.54) is 7.11 Å². The first-order valence-corrected chi connectivity index (χ1v) is 9.78. The summed E-state index contributed by atoms with van der Waals surface area (Å²) < 4.78 is 4.77. The maximum atomic E-state index is 12.7. The average Bonchev–Trinajstić information content (AvgIpc) is 3.19. The summed E-state index contributed by atoms with van der Waals surface area (Å²) in [4.78, 5) is 27.9. The van der Waals surface area contributed by atoms with E-state index in [1.54, 1.807) is 12.2 Å². The topological polar surface area (TPSA) is 83.2 Å². The van der Waals surface area contributed by atoms with Crippen LogP contribution in [0.2, 0.25) is 0 Å². The molecule has 0 fully saturated rings. The molecule has 1 heterocycles. The van der Waals surface area contributed by atoms with Gasteiger partial charge in [-0.3, -0.25) is 0 Å². The Balaban J connectivity index is 1.53. The van der Waals surface area contributed by atoms with Crippen LogP contribution in [0, 0.1) is 5.92 Å². The summed E-state index contributed by atoms with van der Waals surface area (Å²) in [6, 6.07) is 17.1. The van der Waals surface area contributed by atoms with Crippen molar-refractivity contribution in [2.75, 3.05) is 12.4 Å². The van der Waals surface area contributed by atoms with E-state index in [9.17, 15) is 9.59 Å². The van der Waals surface area contributed by atoms with E-state index in [4.69, 9.17) is 4.74 Å². The number of hydrogen-bond donors (Lipinski definition) is 3. The van der Waals surface area contributed by atoms with Gasteiger partial charge in [0.25, 0.3) is 0 Å². The van der Waals surface area contributed by atoms with Crippen LogP contribution in [0.5, 0.6) is 0 Å². The SMILES string of the molecule is COC(=O)C1=CC(NC(=O)Nc2ccccc2-c2cc3ccccc3[nH]2)C(C)C=C1. The minimum absolute atomic E-state index is 0.0492. The van der Waals surface area contributed by atoms with Crippen molar-refractivity contribution in [1.29, 1.82) is 0 Å². The van der Waals surface area contributed by atoms with Gasteiger partial charge in [-0.15, -0.1) is 0 Å². The summed E-state index contributed by atoms with van der Waals surface area (Å²) in [7, 11) is 1.34. The summed E-state index contributed by atoms with van der Waals surface area (Å²) in [5.41, 5.74) is 3.98. The van der Waals surface area contributed by atoms with Gasteiger partial charge in [-0.25, -0.2) is 9.59 Å². The molecule has 152 valence electrons. The molecule has 0 spiro atoms. The largest absolute Gasteiger partial charge is 0.465 e. The Morgan fingerprint density at radius 2 is 1.83 bits per heavy atom. The van der Waals surface area contributed by atoms with E-state index in [2.05, 4.69) is 21.7 Å². The number of rotatable bonds is 4. The quantitative estimate of drug-likeness (QED) is 0.558. The number of benzene rings is 2. The first kappa shape index (κ1) is 19.5. The number of hydrogen-bond acceptors (Lipinski definition) is 3. The molecule has 0 bridgehead atoms. The number of ether oxygens (including phenoxy) is 1. The number of H-pyrrole nitrogens is 1. The van der Waals surface area contributed by atoms with Gasteiger partial charge in [-0.1, -0.05) is 55.5 Å². The molecule has 2 atom stereocenters. The molecule has 2 amide bonds. The minimum Gasteiger partial charge on any atom is -0.465 e. The van der Waals surface area contributed by atoms with Gasteiger partial charge < -0.3 is 20.4 Å². The number of para-hydroxylation sites is 2. The zero-order valence-corrected chi connectivity index (χ0v) is 16.8. The standard InChI is InChI=1S/C24H23N3O3/c1-15-11-12-17(23(28)30-2)14-21(15)27-24(29)26-20-10-6-4-8-18(20)22-13-16-7-3-5-9-19(16)25-22/h3-15,21,25H,1-2H3,(H2,26,27,29). The highest BCUT2D eigenvalue weighted by molar-refractivity contribution is 5.97. The van der Waals surface area contributed by atoms with Gasteiger partial charge in [0, 0.05) is 22.2 Å². The Kier molecular flexibility index (Phi) is 5.39. The van der Waals surface area contributed by atoms with Gasteiger partial charge in [0.1, 0.15) is 0 Å². The Morgan fingerprint density at radius 1 is 1.07 bits per heavy atom. The van der Waals surface area contributed by atoms with E-state index < -0.39 is 5.97 Å². The van der Waals surface area contributed by atoms with Crippen LogP contribution in [-0.2, 0) is 9.53 Å². The molecular weight excluding hydrogens is 378 g/mol. The van der Waals surface area contributed by atoms with Gasteiger partial charge in [-0.05, 0) is 30.2 Å². The van der Waals surface area contributed by atoms with Crippen LogP contribution in [0.15, 0.2) is 78.4 Å². The zero-order valence-electron chi connectivity index (χ0n) is 16.8. The third kappa shape index (κ3) is 3.98. The zero-order chi connectivity index (χ0) is 21.1. The third-order valence-electron chi connectivity index (χ3n) is 5.22. The molecule has 6 heteroatoms. The van der Waals surface area contributed by atoms with Crippen LogP contribution >= 0.6 is 0 Å². The molecule has 3 N–H and O–H groups in total.